The molecule has 1 saturated heterocycles. The monoisotopic (exact) mass is 532 g/mol. The van der Waals surface area contributed by atoms with Gasteiger partial charge in [0.1, 0.15) is 30.5 Å². The number of esters is 4. The van der Waals surface area contributed by atoms with Gasteiger partial charge in [-0.15, -0.1) is 0 Å². The molecule has 10 nitrogen and oxygen atoms in total. The topological polar surface area (TPSA) is 135 Å². The Morgan fingerprint density at radius 3 is 2.13 bits per heavy atom. The van der Waals surface area contributed by atoms with Crippen LogP contribution >= 0.6 is 0 Å². The number of hydrogen-bond acceptors (Lipinski definition) is 10. The maximum atomic E-state index is 13.2. The van der Waals surface area contributed by atoms with Crippen LogP contribution in [0.25, 0.3) is 0 Å². The highest BCUT2D eigenvalue weighted by Gasteiger charge is 2.83. The minimum Gasteiger partial charge on any atom is -0.463 e. The van der Waals surface area contributed by atoms with Gasteiger partial charge in [-0.05, 0) is 52.2 Å². The number of ether oxygens (including phenoxy) is 5. The van der Waals surface area contributed by atoms with E-state index >= 15 is 0 Å². The number of benzene rings is 1. The molecule has 0 radical (unpaired) electrons. The Morgan fingerprint density at radius 2 is 1.55 bits per heavy atom. The second-order valence-electron chi connectivity index (χ2n) is 11.3. The van der Waals surface area contributed by atoms with Crippen molar-refractivity contribution in [3.8, 4) is 0 Å². The largest absolute Gasteiger partial charge is 0.463 e. The average Bonchev–Trinajstić information content (AvgIpc) is 3.00. The van der Waals surface area contributed by atoms with Gasteiger partial charge in [0.25, 0.3) is 0 Å². The molecule has 10 heteroatoms. The quantitative estimate of drug-likeness (QED) is 0.430. The minimum atomic E-state index is -1.87. The van der Waals surface area contributed by atoms with Crippen LogP contribution in [0.2, 0.25) is 0 Å². The van der Waals surface area contributed by atoms with Crippen LogP contribution in [0.4, 0.5) is 0 Å². The molecule has 1 N–H and O–H groups in total. The molecule has 2 aliphatic carbocycles. The summed E-state index contributed by atoms with van der Waals surface area (Å²) in [6.07, 6.45) is -2.43. The van der Waals surface area contributed by atoms with Crippen LogP contribution in [-0.2, 0) is 38.1 Å². The maximum Gasteiger partial charge on any atom is 0.338 e. The first kappa shape index (κ1) is 28.0. The van der Waals surface area contributed by atoms with Crippen LogP contribution in [0.15, 0.2) is 30.3 Å². The van der Waals surface area contributed by atoms with E-state index < -0.39 is 76.9 Å². The Hall–Kier alpha value is -2.98. The van der Waals surface area contributed by atoms with Crippen molar-refractivity contribution < 1.29 is 48.0 Å². The summed E-state index contributed by atoms with van der Waals surface area (Å²) in [5.74, 6) is -2.85. The van der Waals surface area contributed by atoms with Gasteiger partial charge in [-0.3, -0.25) is 14.4 Å². The van der Waals surface area contributed by atoms with E-state index in [-0.39, 0.29) is 19.3 Å². The lowest BCUT2D eigenvalue weighted by Crippen LogP contribution is -2.80. The standard InChI is InChI=1S/C28H36O10/c1-16(29)34-15-27(33)13-12-21(37-24(32)19-10-8-7-9-11-19)26(6)22(35-17(2)30)14-20-23(36-18(3)31)28(26,27)38-25(20,4)5/h7-11,20-23,33H,12-15H2,1-6H3. The van der Waals surface area contributed by atoms with Crippen molar-refractivity contribution in [2.75, 3.05) is 6.61 Å². The highest BCUT2D eigenvalue weighted by molar-refractivity contribution is 5.89. The molecule has 7 atom stereocenters. The van der Waals surface area contributed by atoms with E-state index in [0.29, 0.717) is 5.56 Å². The van der Waals surface area contributed by atoms with Crippen molar-refractivity contribution >= 4 is 23.9 Å². The normalized spacial score (nSPS) is 36.9. The third-order valence-corrected chi connectivity index (χ3v) is 8.57. The summed E-state index contributed by atoms with van der Waals surface area (Å²) in [6, 6.07) is 8.45. The first-order valence-electron chi connectivity index (χ1n) is 12.8. The summed E-state index contributed by atoms with van der Waals surface area (Å²) >= 11 is 0. The number of carbonyl (C=O) groups excluding carboxylic acids is 4. The fourth-order valence-corrected chi connectivity index (χ4v) is 6.97. The zero-order chi connectivity index (χ0) is 28.1. The van der Waals surface area contributed by atoms with Crippen LogP contribution in [0.5, 0.6) is 0 Å². The maximum absolute atomic E-state index is 13.2. The molecule has 3 aliphatic rings. The molecule has 7 unspecified atom stereocenters. The van der Waals surface area contributed by atoms with E-state index in [4.69, 9.17) is 23.7 Å². The van der Waals surface area contributed by atoms with Crippen molar-refractivity contribution in [3.05, 3.63) is 35.9 Å². The molecule has 1 aromatic rings. The second-order valence-corrected chi connectivity index (χ2v) is 11.3. The fourth-order valence-electron chi connectivity index (χ4n) is 6.97. The van der Waals surface area contributed by atoms with E-state index in [0.717, 1.165) is 0 Å². The van der Waals surface area contributed by atoms with Crippen LogP contribution in [0.3, 0.4) is 0 Å². The number of hydrogen-bond donors (Lipinski definition) is 1. The first-order chi connectivity index (χ1) is 17.7. The van der Waals surface area contributed by atoms with Crippen LogP contribution in [0, 0.1) is 11.3 Å². The molecule has 1 spiro atoms. The van der Waals surface area contributed by atoms with Gasteiger partial charge in [0.15, 0.2) is 5.60 Å². The molecular weight excluding hydrogens is 496 g/mol. The summed E-state index contributed by atoms with van der Waals surface area (Å²) in [6.45, 7) is 8.65. The Balaban J connectivity index is 1.91. The van der Waals surface area contributed by atoms with Crippen LogP contribution < -0.4 is 0 Å². The lowest BCUT2D eigenvalue weighted by molar-refractivity contribution is -0.338. The molecule has 38 heavy (non-hydrogen) atoms. The molecular formula is C28H36O10. The molecule has 1 aromatic carbocycles. The van der Waals surface area contributed by atoms with Crippen molar-refractivity contribution in [1.29, 1.82) is 0 Å². The van der Waals surface area contributed by atoms with E-state index in [1.807, 2.05) is 13.8 Å². The van der Waals surface area contributed by atoms with E-state index in [9.17, 15) is 24.3 Å². The lowest BCUT2D eigenvalue weighted by Gasteiger charge is -2.64. The number of fused-ring (bicyclic) bond motifs is 1. The predicted molar refractivity (Wildman–Crippen MR) is 132 cm³/mol. The van der Waals surface area contributed by atoms with Gasteiger partial charge < -0.3 is 28.8 Å². The SMILES string of the molecule is CC(=O)OCC1(O)CCC(OC(=O)c2ccccc2)C2(C)C(OC(C)=O)CC3C(OC(C)=O)C12OC3(C)C. The number of carbonyl (C=O) groups is 4. The highest BCUT2D eigenvalue weighted by Crippen LogP contribution is 2.68. The summed E-state index contributed by atoms with van der Waals surface area (Å²) in [7, 11) is 0. The van der Waals surface area contributed by atoms with Crippen molar-refractivity contribution in [2.45, 2.75) is 95.9 Å². The summed E-state index contributed by atoms with van der Waals surface area (Å²) in [4.78, 5) is 49.8. The van der Waals surface area contributed by atoms with Gasteiger partial charge in [0.2, 0.25) is 0 Å². The van der Waals surface area contributed by atoms with Gasteiger partial charge in [-0.25, -0.2) is 4.79 Å². The van der Waals surface area contributed by atoms with Gasteiger partial charge in [-0.2, -0.15) is 0 Å². The molecule has 0 amide bonds. The zero-order valence-corrected chi connectivity index (χ0v) is 22.6. The predicted octanol–water partition coefficient (Wildman–Crippen LogP) is 2.74. The van der Waals surface area contributed by atoms with Gasteiger partial charge in [0, 0.05) is 26.7 Å². The Labute approximate surface area is 221 Å². The van der Waals surface area contributed by atoms with Gasteiger partial charge in [-0.1, -0.05) is 18.2 Å². The third kappa shape index (κ3) is 4.27. The molecule has 3 fully saturated rings. The smallest absolute Gasteiger partial charge is 0.338 e. The molecule has 4 rings (SSSR count). The molecule has 2 bridgehead atoms. The molecule has 2 saturated carbocycles. The van der Waals surface area contributed by atoms with E-state index in [1.165, 1.54) is 20.8 Å². The molecule has 208 valence electrons. The Morgan fingerprint density at radius 1 is 0.921 bits per heavy atom. The van der Waals surface area contributed by atoms with Crippen molar-refractivity contribution in [3.63, 3.8) is 0 Å². The summed E-state index contributed by atoms with van der Waals surface area (Å²) in [5, 5.41) is 12.3. The molecule has 0 aromatic heterocycles. The van der Waals surface area contributed by atoms with Gasteiger partial charge in [0.05, 0.1) is 16.6 Å². The Bertz CT molecular complexity index is 1120. The Kier molecular flexibility index (Phi) is 7.12. The minimum absolute atomic E-state index is 0.00401. The van der Waals surface area contributed by atoms with E-state index in [1.54, 1.807) is 37.3 Å². The second kappa shape index (κ2) is 9.64. The highest BCUT2D eigenvalue weighted by atomic mass is 16.6. The number of rotatable bonds is 6. The first-order valence-corrected chi connectivity index (χ1v) is 12.8. The van der Waals surface area contributed by atoms with Crippen LogP contribution in [-0.4, -0.2) is 70.7 Å². The lowest BCUT2D eigenvalue weighted by atomic mass is 9.47. The van der Waals surface area contributed by atoms with Crippen molar-refractivity contribution in [2.24, 2.45) is 11.3 Å². The third-order valence-electron chi connectivity index (χ3n) is 8.57. The molecule has 1 aliphatic heterocycles. The van der Waals surface area contributed by atoms with Crippen LogP contribution in [0.1, 0.15) is 71.2 Å². The van der Waals surface area contributed by atoms with Crippen molar-refractivity contribution in [1.82, 2.24) is 0 Å². The summed E-state index contributed by atoms with van der Waals surface area (Å²) < 4.78 is 29.9. The summed E-state index contributed by atoms with van der Waals surface area (Å²) in [5.41, 5.74) is -5.65. The van der Waals surface area contributed by atoms with Gasteiger partial charge >= 0.3 is 23.9 Å². The molecule has 1 heterocycles. The number of aliphatic hydroxyl groups is 1. The fraction of sp³-hybridized carbons (Fsp3) is 0.643. The zero-order valence-electron chi connectivity index (χ0n) is 22.6. The van der Waals surface area contributed by atoms with E-state index in [2.05, 4.69) is 0 Å². The average molecular weight is 533 g/mol.